The summed E-state index contributed by atoms with van der Waals surface area (Å²) in [5.41, 5.74) is 0.763. The first-order valence-electron chi connectivity index (χ1n) is 5.51. The maximum atomic E-state index is 8.86. The van der Waals surface area contributed by atoms with Gasteiger partial charge >= 0.3 is 0 Å². The molecule has 1 N–H and O–H groups in total. The van der Waals surface area contributed by atoms with Crippen molar-refractivity contribution in [2.75, 3.05) is 6.54 Å². The summed E-state index contributed by atoms with van der Waals surface area (Å²) in [5, 5.41) is 15.4. The predicted molar refractivity (Wildman–Crippen MR) is 67.3 cm³/mol. The van der Waals surface area contributed by atoms with Crippen molar-refractivity contribution in [3.05, 3.63) is 16.1 Å². The molecule has 0 fully saturated rings. The Bertz CT molecular complexity index is 374. The molecular formula is C12H19N3S. The first-order chi connectivity index (χ1) is 7.44. The average molecular weight is 237 g/mol. The molecule has 1 aromatic rings. The van der Waals surface area contributed by atoms with E-state index < -0.39 is 0 Å². The van der Waals surface area contributed by atoms with Gasteiger partial charge in [0, 0.05) is 24.4 Å². The highest BCUT2D eigenvalue weighted by Crippen LogP contribution is 2.19. The normalized spacial score (nSPS) is 11.8. The van der Waals surface area contributed by atoms with E-state index in [2.05, 4.69) is 35.6 Å². The zero-order chi connectivity index (χ0) is 12.2. The molecule has 0 aliphatic carbocycles. The average Bonchev–Trinajstić information content (AvgIpc) is 2.66. The van der Waals surface area contributed by atoms with E-state index >= 15 is 0 Å². The highest BCUT2D eigenvalue weighted by molar-refractivity contribution is 7.09. The van der Waals surface area contributed by atoms with Crippen LogP contribution in [0, 0.1) is 16.7 Å². The molecule has 0 saturated heterocycles. The van der Waals surface area contributed by atoms with Crippen molar-refractivity contribution in [2.45, 2.75) is 40.2 Å². The van der Waals surface area contributed by atoms with E-state index in [1.165, 1.54) is 5.01 Å². The minimum absolute atomic E-state index is 0.309. The van der Waals surface area contributed by atoms with E-state index in [1.54, 1.807) is 11.3 Å². The molecular weight excluding hydrogens is 218 g/mol. The van der Waals surface area contributed by atoms with Gasteiger partial charge in [-0.1, -0.05) is 13.8 Å². The van der Waals surface area contributed by atoms with Gasteiger partial charge in [-0.3, -0.25) is 0 Å². The van der Waals surface area contributed by atoms with Gasteiger partial charge in [-0.05, 0) is 13.8 Å². The maximum absolute atomic E-state index is 8.86. The first kappa shape index (κ1) is 13.1. The Morgan fingerprint density at radius 1 is 1.56 bits per heavy atom. The number of thiazole rings is 1. The molecule has 0 aliphatic heterocycles. The van der Waals surface area contributed by atoms with Gasteiger partial charge in [0.05, 0.1) is 22.2 Å². The fourth-order valence-corrected chi connectivity index (χ4v) is 2.05. The molecule has 4 heteroatoms. The van der Waals surface area contributed by atoms with Crippen LogP contribution >= 0.6 is 11.3 Å². The number of aromatic nitrogens is 1. The molecule has 0 radical (unpaired) electrons. The Morgan fingerprint density at radius 2 is 2.25 bits per heavy atom. The molecule has 1 heterocycles. The summed E-state index contributed by atoms with van der Waals surface area (Å²) >= 11 is 1.71. The first-order valence-corrected chi connectivity index (χ1v) is 6.39. The summed E-state index contributed by atoms with van der Waals surface area (Å²) in [6, 6.07) is 2.27. The van der Waals surface area contributed by atoms with E-state index in [1.807, 2.05) is 13.8 Å². The monoisotopic (exact) mass is 237 g/mol. The van der Waals surface area contributed by atoms with Crippen molar-refractivity contribution in [1.29, 1.82) is 5.26 Å². The lowest BCUT2D eigenvalue weighted by Crippen LogP contribution is -2.27. The second kappa shape index (κ2) is 5.42. The SMILES string of the molecule is CC(C)c1nc(CNCC(C)(C)C#N)cs1. The molecule has 0 spiro atoms. The topological polar surface area (TPSA) is 48.7 Å². The van der Waals surface area contributed by atoms with Crippen LogP contribution in [0.1, 0.15) is 44.3 Å². The summed E-state index contributed by atoms with van der Waals surface area (Å²) in [4.78, 5) is 4.53. The number of hydrogen-bond donors (Lipinski definition) is 1. The van der Waals surface area contributed by atoms with Crippen molar-refractivity contribution in [3.8, 4) is 6.07 Å². The summed E-state index contributed by atoms with van der Waals surface area (Å²) in [6.07, 6.45) is 0. The largest absolute Gasteiger partial charge is 0.310 e. The van der Waals surface area contributed by atoms with Crippen LogP contribution in [0.5, 0.6) is 0 Å². The van der Waals surface area contributed by atoms with Gasteiger partial charge in [0.1, 0.15) is 0 Å². The molecule has 0 unspecified atom stereocenters. The zero-order valence-corrected chi connectivity index (χ0v) is 11.2. The Hall–Kier alpha value is -0.920. The van der Waals surface area contributed by atoms with Crippen molar-refractivity contribution in [3.63, 3.8) is 0 Å². The van der Waals surface area contributed by atoms with Crippen molar-refractivity contribution >= 4 is 11.3 Å². The lowest BCUT2D eigenvalue weighted by atomic mass is 9.96. The van der Waals surface area contributed by atoms with Crippen LogP contribution in [0.25, 0.3) is 0 Å². The molecule has 0 bridgehead atoms. The molecule has 1 rings (SSSR count). The van der Waals surface area contributed by atoms with Crippen molar-refractivity contribution < 1.29 is 0 Å². The second-order valence-corrected chi connectivity index (χ2v) is 5.82. The molecule has 0 amide bonds. The fourth-order valence-electron chi connectivity index (χ4n) is 1.21. The van der Waals surface area contributed by atoms with Crippen molar-refractivity contribution in [1.82, 2.24) is 10.3 Å². The van der Waals surface area contributed by atoms with E-state index in [4.69, 9.17) is 5.26 Å². The van der Waals surface area contributed by atoms with Gasteiger partial charge in [0.15, 0.2) is 0 Å². The van der Waals surface area contributed by atoms with E-state index in [9.17, 15) is 0 Å². The van der Waals surface area contributed by atoms with Gasteiger partial charge in [-0.2, -0.15) is 5.26 Å². The van der Waals surface area contributed by atoms with Gasteiger partial charge < -0.3 is 5.32 Å². The lowest BCUT2D eigenvalue weighted by molar-refractivity contribution is 0.443. The molecule has 0 atom stereocenters. The third-order valence-electron chi connectivity index (χ3n) is 2.24. The Morgan fingerprint density at radius 3 is 2.75 bits per heavy atom. The third kappa shape index (κ3) is 3.92. The molecule has 0 aromatic carbocycles. The predicted octanol–water partition coefficient (Wildman–Crippen LogP) is 2.91. The molecule has 88 valence electrons. The third-order valence-corrected chi connectivity index (χ3v) is 3.43. The fraction of sp³-hybridized carbons (Fsp3) is 0.667. The summed E-state index contributed by atoms with van der Waals surface area (Å²) in [5.74, 6) is 0.495. The van der Waals surface area contributed by atoms with Crippen molar-refractivity contribution in [2.24, 2.45) is 5.41 Å². The van der Waals surface area contributed by atoms with Crippen LogP contribution in [-0.2, 0) is 6.54 Å². The number of nitriles is 1. The van der Waals surface area contributed by atoms with Crippen LogP contribution in [0.4, 0.5) is 0 Å². The van der Waals surface area contributed by atoms with E-state index in [0.29, 0.717) is 12.5 Å². The highest BCUT2D eigenvalue weighted by atomic mass is 32.1. The number of hydrogen-bond acceptors (Lipinski definition) is 4. The quantitative estimate of drug-likeness (QED) is 0.856. The standard InChI is InChI=1S/C12H19N3S/c1-9(2)11-15-10(6-16-11)5-14-8-12(3,4)7-13/h6,9,14H,5,8H2,1-4H3. The lowest BCUT2D eigenvalue weighted by Gasteiger charge is -2.14. The van der Waals surface area contributed by atoms with E-state index in [-0.39, 0.29) is 5.41 Å². The molecule has 1 aromatic heterocycles. The molecule has 0 saturated carbocycles. The molecule has 0 aliphatic rings. The zero-order valence-electron chi connectivity index (χ0n) is 10.4. The van der Waals surface area contributed by atoms with Crippen LogP contribution in [0.3, 0.4) is 0 Å². The Balaban J connectivity index is 2.41. The molecule has 3 nitrogen and oxygen atoms in total. The van der Waals surface area contributed by atoms with Gasteiger partial charge in [0.2, 0.25) is 0 Å². The van der Waals surface area contributed by atoms with Gasteiger partial charge in [-0.15, -0.1) is 11.3 Å². The smallest absolute Gasteiger partial charge is 0.0954 e. The van der Waals surface area contributed by atoms with Gasteiger partial charge in [-0.25, -0.2) is 4.98 Å². The Kier molecular flexibility index (Phi) is 4.45. The van der Waals surface area contributed by atoms with Crippen LogP contribution in [0.2, 0.25) is 0 Å². The van der Waals surface area contributed by atoms with Crippen LogP contribution in [0.15, 0.2) is 5.38 Å². The summed E-state index contributed by atoms with van der Waals surface area (Å²) in [6.45, 7) is 9.59. The molecule has 16 heavy (non-hydrogen) atoms. The Labute approximate surface area is 102 Å². The maximum Gasteiger partial charge on any atom is 0.0954 e. The van der Waals surface area contributed by atoms with Gasteiger partial charge in [0.25, 0.3) is 0 Å². The number of nitrogens with one attached hydrogen (secondary N) is 1. The highest BCUT2D eigenvalue weighted by Gasteiger charge is 2.15. The van der Waals surface area contributed by atoms with E-state index in [0.717, 1.165) is 12.2 Å². The number of rotatable bonds is 5. The van der Waals surface area contributed by atoms with Crippen LogP contribution in [-0.4, -0.2) is 11.5 Å². The minimum Gasteiger partial charge on any atom is -0.310 e. The summed E-state index contributed by atoms with van der Waals surface area (Å²) < 4.78 is 0. The second-order valence-electron chi connectivity index (χ2n) is 4.93. The minimum atomic E-state index is -0.309. The van der Waals surface area contributed by atoms with Crippen LogP contribution < -0.4 is 5.32 Å². The number of nitrogens with zero attached hydrogens (tertiary/aromatic N) is 2. The summed E-state index contributed by atoms with van der Waals surface area (Å²) in [7, 11) is 0.